The fraction of sp³-hybridized carbons (Fsp3) is 0.0294. The van der Waals surface area contributed by atoms with Crippen LogP contribution in [0.1, 0.15) is 16.1 Å². The lowest BCUT2D eigenvalue weighted by atomic mass is 10.2. The number of thioether (sulfide) groups is 1. The topological polar surface area (TPSA) is 100 Å². The van der Waals surface area contributed by atoms with Gasteiger partial charge in [-0.25, -0.2) is 17.6 Å². The van der Waals surface area contributed by atoms with Crippen LogP contribution >= 0.6 is 11.8 Å². The van der Waals surface area contributed by atoms with E-state index in [1.54, 1.807) is 54.6 Å². The van der Waals surface area contributed by atoms with Gasteiger partial charge in [-0.05, 0) is 48.5 Å². The summed E-state index contributed by atoms with van der Waals surface area (Å²) >= 11 is 0.972. The molecule has 0 radical (unpaired) electrons. The molecule has 5 aromatic rings. The van der Waals surface area contributed by atoms with Crippen molar-refractivity contribution >= 4 is 46.9 Å². The second kappa shape index (κ2) is 14.4. The summed E-state index contributed by atoms with van der Waals surface area (Å²) in [6, 6.07) is 27.4. The van der Waals surface area contributed by atoms with Gasteiger partial charge in [-0.1, -0.05) is 48.5 Å². The van der Waals surface area contributed by atoms with Gasteiger partial charge in [0.15, 0.2) is 23.3 Å². The third kappa shape index (κ3) is 7.90. The van der Waals surface area contributed by atoms with E-state index in [2.05, 4.69) is 10.6 Å². The number of hydrogen-bond acceptors (Lipinski definition) is 5. The lowest BCUT2D eigenvalue weighted by molar-refractivity contribution is -0.114. The summed E-state index contributed by atoms with van der Waals surface area (Å²) in [5.74, 6) is -8.21. The van der Waals surface area contributed by atoms with Crippen molar-refractivity contribution in [3.05, 3.63) is 143 Å². The van der Waals surface area contributed by atoms with Gasteiger partial charge >= 0.3 is 0 Å². The van der Waals surface area contributed by atoms with Crippen molar-refractivity contribution in [1.82, 2.24) is 5.32 Å². The molecule has 46 heavy (non-hydrogen) atoms. The smallest absolute Gasteiger partial charge is 0.272 e. The Kier molecular flexibility index (Phi) is 9.98. The van der Waals surface area contributed by atoms with Gasteiger partial charge in [0.2, 0.25) is 5.91 Å². The van der Waals surface area contributed by atoms with E-state index in [4.69, 9.17) is 4.42 Å². The maximum absolute atomic E-state index is 13.9. The summed E-state index contributed by atoms with van der Waals surface area (Å²) in [6.45, 7) is 0. The molecule has 0 fully saturated rings. The molecule has 3 N–H and O–H groups in total. The molecule has 4 aromatic carbocycles. The van der Waals surface area contributed by atoms with E-state index in [-0.39, 0.29) is 17.5 Å². The fourth-order valence-electron chi connectivity index (χ4n) is 4.11. The van der Waals surface area contributed by atoms with Gasteiger partial charge < -0.3 is 20.4 Å². The molecular formula is C34H23F4N3O4S. The molecule has 1 heterocycles. The summed E-state index contributed by atoms with van der Waals surface area (Å²) in [6.07, 6.45) is 1.40. The molecule has 1 aromatic heterocycles. The predicted octanol–water partition coefficient (Wildman–Crippen LogP) is 7.64. The quantitative estimate of drug-likeness (QED) is 0.0628. The SMILES string of the molecule is O=C(CSc1ccc(NC(=O)C(=Cc2ccc(-c3ccccc3)o2)NC(=O)c2ccccc2)cc1)Nc1c(F)c(F)cc(F)c1F. The van der Waals surface area contributed by atoms with Crippen LogP contribution < -0.4 is 16.0 Å². The van der Waals surface area contributed by atoms with Crippen LogP contribution in [0.2, 0.25) is 0 Å². The first-order valence-corrected chi connectivity index (χ1v) is 14.6. The number of carbonyl (C=O) groups excluding carboxylic acids is 3. The van der Waals surface area contributed by atoms with Crippen molar-refractivity contribution in [2.75, 3.05) is 16.4 Å². The lowest BCUT2D eigenvalue weighted by Gasteiger charge is -2.11. The molecule has 0 aliphatic carbocycles. The standard InChI is InChI=1S/C34H23F4N3O4S/c35-25-18-26(36)31(38)32(30(25)37)41-29(42)19-46-24-14-11-22(12-15-24)39-34(44)27(40-33(43)21-9-5-2-6-10-21)17-23-13-16-28(45-23)20-7-3-1-4-8-20/h1-18H,19H2,(H,39,44)(H,40,43)(H,41,42). The summed E-state index contributed by atoms with van der Waals surface area (Å²) in [5.41, 5.74) is 0.215. The van der Waals surface area contributed by atoms with Crippen LogP contribution in [0, 0.1) is 23.3 Å². The van der Waals surface area contributed by atoms with E-state index in [1.807, 2.05) is 35.6 Å². The number of rotatable bonds is 10. The predicted molar refractivity (Wildman–Crippen MR) is 167 cm³/mol. The molecule has 0 saturated carbocycles. The van der Waals surface area contributed by atoms with E-state index >= 15 is 0 Å². The Morgan fingerprint density at radius 1 is 0.739 bits per heavy atom. The lowest BCUT2D eigenvalue weighted by Crippen LogP contribution is -2.30. The molecular weight excluding hydrogens is 622 g/mol. The molecule has 0 bridgehead atoms. The van der Waals surface area contributed by atoms with Crippen LogP contribution in [-0.2, 0) is 9.59 Å². The van der Waals surface area contributed by atoms with Crippen molar-refractivity contribution in [2.24, 2.45) is 0 Å². The highest BCUT2D eigenvalue weighted by Crippen LogP contribution is 2.26. The van der Waals surface area contributed by atoms with E-state index in [0.29, 0.717) is 27.7 Å². The summed E-state index contributed by atoms with van der Waals surface area (Å²) in [7, 11) is 0. The number of furan rings is 1. The van der Waals surface area contributed by atoms with Gasteiger partial charge in [-0.3, -0.25) is 14.4 Å². The molecule has 0 saturated heterocycles. The minimum atomic E-state index is -1.71. The summed E-state index contributed by atoms with van der Waals surface area (Å²) in [5, 5.41) is 7.17. The van der Waals surface area contributed by atoms with Crippen LogP contribution in [0.25, 0.3) is 17.4 Å². The highest BCUT2D eigenvalue weighted by molar-refractivity contribution is 8.00. The van der Waals surface area contributed by atoms with Crippen molar-refractivity contribution in [1.29, 1.82) is 0 Å². The second-order valence-corrected chi connectivity index (χ2v) is 10.7. The van der Waals surface area contributed by atoms with Gasteiger partial charge in [-0.15, -0.1) is 11.8 Å². The van der Waals surface area contributed by atoms with Crippen molar-refractivity contribution in [2.45, 2.75) is 4.90 Å². The highest BCUT2D eigenvalue weighted by atomic mass is 32.2. The van der Waals surface area contributed by atoms with E-state index in [9.17, 15) is 31.9 Å². The third-order valence-corrected chi connectivity index (χ3v) is 7.37. The molecule has 0 unspecified atom stereocenters. The third-order valence-electron chi connectivity index (χ3n) is 6.36. The number of benzene rings is 4. The van der Waals surface area contributed by atoms with Crippen molar-refractivity contribution < 1.29 is 36.4 Å². The first-order chi connectivity index (χ1) is 22.2. The van der Waals surface area contributed by atoms with Gasteiger partial charge in [0.05, 0.1) is 5.75 Å². The zero-order chi connectivity index (χ0) is 32.6. The molecule has 0 atom stereocenters. The van der Waals surface area contributed by atoms with Gasteiger partial charge in [0.1, 0.15) is 22.9 Å². The molecule has 0 spiro atoms. The van der Waals surface area contributed by atoms with Crippen LogP contribution in [0.3, 0.4) is 0 Å². The molecule has 5 rings (SSSR count). The maximum atomic E-state index is 13.9. The number of carbonyl (C=O) groups is 3. The van der Waals surface area contributed by atoms with E-state index in [1.165, 1.54) is 18.2 Å². The average molecular weight is 646 g/mol. The number of amides is 3. The first-order valence-electron chi connectivity index (χ1n) is 13.6. The summed E-state index contributed by atoms with van der Waals surface area (Å²) in [4.78, 5) is 39.0. The van der Waals surface area contributed by atoms with E-state index in [0.717, 1.165) is 17.3 Å². The first kappa shape index (κ1) is 31.8. The van der Waals surface area contributed by atoms with Crippen LogP contribution in [0.15, 0.2) is 118 Å². The van der Waals surface area contributed by atoms with Crippen LogP contribution in [-0.4, -0.2) is 23.5 Å². The second-order valence-electron chi connectivity index (χ2n) is 9.60. The Balaban J connectivity index is 1.26. The molecule has 0 aliphatic rings. The Bertz CT molecular complexity index is 1890. The van der Waals surface area contributed by atoms with Gasteiger partial charge in [0.25, 0.3) is 11.8 Å². The zero-order valence-electron chi connectivity index (χ0n) is 23.7. The molecule has 0 aliphatic heterocycles. The highest BCUT2D eigenvalue weighted by Gasteiger charge is 2.21. The Hall–Kier alpha value is -5.62. The number of nitrogens with one attached hydrogen (secondary N) is 3. The Labute approximate surface area is 264 Å². The van der Waals surface area contributed by atoms with Gasteiger partial charge in [-0.2, -0.15) is 0 Å². The average Bonchev–Trinajstić information content (AvgIpc) is 3.54. The molecule has 232 valence electrons. The van der Waals surface area contributed by atoms with E-state index < -0.39 is 46.7 Å². The molecule has 12 heteroatoms. The monoisotopic (exact) mass is 645 g/mol. The normalized spacial score (nSPS) is 11.2. The molecule has 3 amide bonds. The summed E-state index contributed by atoms with van der Waals surface area (Å²) < 4.78 is 60.4. The van der Waals surface area contributed by atoms with Crippen molar-refractivity contribution in [3.8, 4) is 11.3 Å². The number of halogens is 4. The Morgan fingerprint density at radius 2 is 1.37 bits per heavy atom. The maximum Gasteiger partial charge on any atom is 0.272 e. The fourth-order valence-corrected chi connectivity index (χ4v) is 4.81. The van der Waals surface area contributed by atoms with Crippen LogP contribution in [0.5, 0.6) is 0 Å². The minimum absolute atomic E-state index is 0.0458. The number of anilines is 2. The Morgan fingerprint density at radius 3 is 2.02 bits per heavy atom. The van der Waals surface area contributed by atoms with Crippen molar-refractivity contribution in [3.63, 3.8) is 0 Å². The minimum Gasteiger partial charge on any atom is -0.457 e. The molecule has 7 nitrogen and oxygen atoms in total. The van der Waals surface area contributed by atoms with Crippen LogP contribution in [0.4, 0.5) is 28.9 Å². The largest absolute Gasteiger partial charge is 0.457 e. The zero-order valence-corrected chi connectivity index (χ0v) is 24.5. The number of hydrogen-bond donors (Lipinski definition) is 3. The van der Waals surface area contributed by atoms with Gasteiger partial charge in [0, 0.05) is 33.9 Å².